The number of aromatic nitrogens is 1. The van der Waals surface area contributed by atoms with Crippen molar-refractivity contribution in [2.24, 2.45) is 0 Å². The van der Waals surface area contributed by atoms with Gasteiger partial charge in [0.1, 0.15) is 0 Å². The van der Waals surface area contributed by atoms with E-state index in [1.807, 2.05) is 0 Å². The molecule has 8 aromatic rings. The second-order valence-corrected chi connectivity index (χ2v) is 19.9. The van der Waals surface area contributed by atoms with Gasteiger partial charge in [-0.1, -0.05) is 217 Å². The molecule has 1 aliphatic rings. The van der Waals surface area contributed by atoms with Crippen LogP contribution in [0.2, 0.25) is 0 Å². The topological polar surface area (TPSA) is 16.1 Å². The van der Waals surface area contributed by atoms with Crippen LogP contribution in [0.3, 0.4) is 0 Å². The zero-order valence-electron chi connectivity index (χ0n) is 41.6. The van der Waals surface area contributed by atoms with Gasteiger partial charge in [0.2, 0.25) is 0 Å². The second-order valence-electron chi connectivity index (χ2n) is 19.9. The first-order chi connectivity index (χ1) is 34.0. The molecule has 9 rings (SSSR count). The molecule has 2 nitrogen and oxygen atoms in total. The zero-order valence-corrected chi connectivity index (χ0v) is 41.6. The minimum absolute atomic E-state index is 0.0220. The Hall–Kier alpha value is -6.51. The molecular formula is C67H72N2. The lowest BCUT2D eigenvalue weighted by Crippen LogP contribution is -2.25. The van der Waals surface area contributed by atoms with Crippen LogP contribution < -0.4 is 4.90 Å². The Balaban J connectivity index is 0.995. The van der Waals surface area contributed by atoms with Gasteiger partial charge in [-0.05, 0) is 156 Å². The average molecular weight is 905 g/mol. The molecule has 0 spiro atoms. The summed E-state index contributed by atoms with van der Waals surface area (Å²) in [6.45, 7) is 6.56. The lowest BCUT2D eigenvalue weighted by atomic mass is 9.70. The Morgan fingerprint density at radius 3 is 1.35 bits per heavy atom. The Kier molecular flexibility index (Phi) is 16.0. The molecule has 7 aromatic carbocycles. The van der Waals surface area contributed by atoms with Crippen molar-refractivity contribution < 1.29 is 0 Å². The van der Waals surface area contributed by atoms with Gasteiger partial charge in [-0.15, -0.1) is 0 Å². The molecule has 0 fully saturated rings. The van der Waals surface area contributed by atoms with Crippen LogP contribution in [-0.4, -0.2) is 4.98 Å². The van der Waals surface area contributed by atoms with E-state index in [-0.39, 0.29) is 5.41 Å². The van der Waals surface area contributed by atoms with Crippen LogP contribution in [-0.2, 0) is 11.8 Å². The van der Waals surface area contributed by atoms with Crippen LogP contribution in [0.1, 0.15) is 131 Å². The van der Waals surface area contributed by atoms with Crippen molar-refractivity contribution in [2.45, 2.75) is 129 Å². The molecule has 1 aromatic heterocycles. The fourth-order valence-electron chi connectivity index (χ4n) is 11.1. The monoisotopic (exact) mass is 905 g/mol. The van der Waals surface area contributed by atoms with Crippen molar-refractivity contribution in [3.05, 3.63) is 216 Å². The number of fused-ring (bicyclic) bond motifs is 3. The van der Waals surface area contributed by atoms with E-state index in [1.54, 1.807) is 11.1 Å². The van der Waals surface area contributed by atoms with Gasteiger partial charge in [-0.2, -0.15) is 0 Å². The quantitative estimate of drug-likeness (QED) is 0.0595. The van der Waals surface area contributed by atoms with Crippen molar-refractivity contribution in [3.8, 4) is 44.5 Å². The fourth-order valence-corrected chi connectivity index (χ4v) is 11.1. The number of nitrogens with zero attached hydrogens (tertiary/aromatic N) is 2. The minimum Gasteiger partial charge on any atom is -0.311 e. The SMILES string of the molecule is CCCCCCCCC1(CCCCCCCCCc2cccc(C)n2)c2cc(-c3ccccc3)ccc2-c2ccc(-c3ccc(N(c4ccccc4)c4ccc(-c5ccc(C)cc5)cc4)cc3)cc21. The highest BCUT2D eigenvalue weighted by Crippen LogP contribution is 2.56. The van der Waals surface area contributed by atoms with Crippen LogP contribution in [0.25, 0.3) is 44.5 Å². The molecule has 350 valence electrons. The van der Waals surface area contributed by atoms with Crippen molar-refractivity contribution in [2.75, 3.05) is 4.90 Å². The summed E-state index contributed by atoms with van der Waals surface area (Å²) in [6.07, 6.45) is 20.3. The number of hydrogen-bond donors (Lipinski definition) is 0. The van der Waals surface area contributed by atoms with Gasteiger partial charge in [-0.3, -0.25) is 4.98 Å². The predicted octanol–water partition coefficient (Wildman–Crippen LogP) is 19.5. The van der Waals surface area contributed by atoms with E-state index in [9.17, 15) is 0 Å². The lowest BCUT2D eigenvalue weighted by molar-refractivity contribution is 0.397. The number of hydrogen-bond acceptors (Lipinski definition) is 2. The highest BCUT2D eigenvalue weighted by atomic mass is 15.1. The molecule has 0 amide bonds. The molecule has 1 heterocycles. The maximum absolute atomic E-state index is 4.73. The Labute approximate surface area is 414 Å². The van der Waals surface area contributed by atoms with Gasteiger partial charge in [0, 0.05) is 33.9 Å². The summed E-state index contributed by atoms with van der Waals surface area (Å²) in [5.41, 5.74) is 20.7. The van der Waals surface area contributed by atoms with Crippen LogP contribution >= 0.6 is 0 Å². The first kappa shape index (κ1) is 47.6. The molecule has 1 unspecified atom stereocenters. The molecule has 0 saturated carbocycles. The van der Waals surface area contributed by atoms with E-state index in [0.717, 1.165) is 29.2 Å². The van der Waals surface area contributed by atoms with E-state index >= 15 is 0 Å². The van der Waals surface area contributed by atoms with Crippen LogP contribution in [0.15, 0.2) is 188 Å². The third kappa shape index (κ3) is 11.5. The van der Waals surface area contributed by atoms with E-state index < -0.39 is 0 Å². The van der Waals surface area contributed by atoms with Gasteiger partial charge in [-0.25, -0.2) is 0 Å². The fraction of sp³-hybridized carbons (Fsp3) is 0.299. The first-order valence-corrected chi connectivity index (χ1v) is 26.4. The highest BCUT2D eigenvalue weighted by Gasteiger charge is 2.42. The first-order valence-electron chi connectivity index (χ1n) is 26.4. The maximum Gasteiger partial charge on any atom is 0.0462 e. The van der Waals surface area contributed by atoms with Crippen molar-refractivity contribution in [1.82, 2.24) is 4.98 Å². The third-order valence-electron chi connectivity index (χ3n) is 14.9. The van der Waals surface area contributed by atoms with Crippen LogP contribution in [0, 0.1) is 13.8 Å². The summed E-state index contributed by atoms with van der Waals surface area (Å²) in [5, 5.41) is 0. The molecule has 0 bridgehead atoms. The van der Waals surface area contributed by atoms with Crippen molar-refractivity contribution in [1.29, 1.82) is 0 Å². The van der Waals surface area contributed by atoms with Gasteiger partial charge >= 0.3 is 0 Å². The van der Waals surface area contributed by atoms with Gasteiger partial charge in [0.05, 0.1) is 0 Å². The van der Waals surface area contributed by atoms with Gasteiger partial charge in [0.25, 0.3) is 0 Å². The highest BCUT2D eigenvalue weighted by molar-refractivity contribution is 5.87. The summed E-state index contributed by atoms with van der Waals surface area (Å²) >= 11 is 0. The standard InChI is InChI=1S/C67H72N2/c1-4-5-6-7-12-21-47-67(48-22-13-10-8-9-11-18-27-59-28-23-24-52(3)68-59)65-49-57(53-25-16-14-17-26-53)39-45-63(65)64-46-40-58(50-66(64)67)56-37-43-62(44-38-56)69(60-29-19-15-20-30-60)61-41-35-55(36-42-61)54-33-31-51(2)32-34-54/h14-17,19-20,23-26,28-46,49-50H,4-13,18,21-22,27,47-48H2,1-3H3. The molecule has 1 aliphatic carbocycles. The molecule has 0 N–H and O–H groups in total. The summed E-state index contributed by atoms with van der Waals surface area (Å²) in [7, 11) is 0. The summed E-state index contributed by atoms with van der Waals surface area (Å²) in [6, 6.07) is 70.2. The van der Waals surface area contributed by atoms with Crippen molar-refractivity contribution >= 4 is 17.1 Å². The van der Waals surface area contributed by atoms with Gasteiger partial charge in [0.15, 0.2) is 0 Å². The average Bonchev–Trinajstić information content (AvgIpc) is 3.66. The van der Waals surface area contributed by atoms with E-state index in [1.165, 1.54) is 152 Å². The molecular weight excluding hydrogens is 833 g/mol. The zero-order chi connectivity index (χ0) is 47.3. The maximum atomic E-state index is 4.73. The molecule has 2 heteroatoms. The molecule has 1 atom stereocenters. The van der Waals surface area contributed by atoms with E-state index in [2.05, 4.69) is 214 Å². The van der Waals surface area contributed by atoms with E-state index in [0.29, 0.717) is 0 Å². The predicted molar refractivity (Wildman–Crippen MR) is 296 cm³/mol. The minimum atomic E-state index is -0.0220. The normalized spacial score (nSPS) is 13.8. The van der Waals surface area contributed by atoms with Crippen LogP contribution in [0.5, 0.6) is 0 Å². The largest absolute Gasteiger partial charge is 0.311 e. The number of rotatable bonds is 23. The Morgan fingerprint density at radius 2 is 0.812 bits per heavy atom. The number of pyridine rings is 1. The van der Waals surface area contributed by atoms with Crippen LogP contribution in [0.4, 0.5) is 17.1 Å². The number of benzene rings is 7. The smallest absolute Gasteiger partial charge is 0.0462 e. The summed E-state index contributed by atoms with van der Waals surface area (Å²) in [4.78, 5) is 7.11. The molecule has 0 aliphatic heterocycles. The number of para-hydroxylation sites is 1. The third-order valence-corrected chi connectivity index (χ3v) is 14.9. The summed E-state index contributed by atoms with van der Waals surface area (Å²) < 4.78 is 0. The van der Waals surface area contributed by atoms with Gasteiger partial charge < -0.3 is 4.90 Å². The molecule has 0 radical (unpaired) electrons. The molecule has 69 heavy (non-hydrogen) atoms. The Bertz CT molecular complexity index is 2840. The number of aryl methyl sites for hydroxylation is 3. The lowest BCUT2D eigenvalue weighted by Gasteiger charge is -2.33. The van der Waals surface area contributed by atoms with Crippen molar-refractivity contribution in [3.63, 3.8) is 0 Å². The second kappa shape index (κ2) is 23.2. The van der Waals surface area contributed by atoms with E-state index in [4.69, 9.17) is 4.98 Å². The summed E-state index contributed by atoms with van der Waals surface area (Å²) in [5.74, 6) is 0. The Morgan fingerprint density at radius 1 is 0.377 bits per heavy atom. The number of anilines is 3. The molecule has 0 saturated heterocycles. The number of unbranched alkanes of at least 4 members (excludes halogenated alkanes) is 11.